The Balaban J connectivity index is 0.00000274. The highest BCUT2D eigenvalue weighted by Crippen LogP contribution is 2.33. The molecule has 0 saturated heterocycles. The van der Waals surface area contributed by atoms with Gasteiger partial charge in [0.1, 0.15) is 24.2 Å². The second-order valence-corrected chi connectivity index (χ2v) is 7.57. The zero-order valence-corrected chi connectivity index (χ0v) is 17.5. The van der Waals surface area contributed by atoms with E-state index in [4.69, 9.17) is 4.74 Å². The number of hydrogen-bond acceptors (Lipinski definition) is 7. The number of nitrogens with one attached hydrogen (secondary N) is 3. The average Bonchev–Trinajstić information content (AvgIpc) is 3.26. The Hall–Kier alpha value is -4.54. The van der Waals surface area contributed by atoms with Gasteiger partial charge in [-0.25, -0.2) is 9.97 Å². The summed E-state index contributed by atoms with van der Waals surface area (Å²) in [5.41, 5.74) is 1.54. The minimum atomic E-state index is -0.972. The summed E-state index contributed by atoms with van der Waals surface area (Å²) in [5, 5.41) is 9.69. The monoisotopic (exact) mass is 461 g/mol. The molecular weight excluding hydrogens is 438 g/mol. The first kappa shape index (κ1) is 22.6. The van der Waals surface area contributed by atoms with Crippen LogP contribution < -0.4 is 20.5 Å². The van der Waals surface area contributed by atoms with E-state index in [1.807, 2.05) is 30.3 Å². The van der Waals surface area contributed by atoms with Crippen LogP contribution in [0.2, 0.25) is 0 Å². The first-order chi connectivity index (χ1) is 16.0. The highest BCUT2D eigenvalue weighted by Gasteiger charge is 2.32. The van der Waals surface area contributed by atoms with Crippen molar-refractivity contribution in [2.75, 3.05) is 18.6 Å². The van der Waals surface area contributed by atoms with E-state index >= 15 is 0 Å². The van der Waals surface area contributed by atoms with Gasteiger partial charge in [0.05, 0.1) is 22.9 Å². The first-order valence-electron chi connectivity index (χ1n) is 10.2. The number of aromatic nitrogens is 5. The van der Waals surface area contributed by atoms with Gasteiger partial charge in [-0.1, -0.05) is 37.8 Å². The van der Waals surface area contributed by atoms with E-state index in [1.165, 1.54) is 11.2 Å². The fourth-order valence-corrected chi connectivity index (χ4v) is 3.65. The Kier molecular flexibility index (Phi) is 6.09. The summed E-state index contributed by atoms with van der Waals surface area (Å²) in [5.74, 6) is -0.156. The van der Waals surface area contributed by atoms with Crippen LogP contribution in [0.5, 0.6) is 5.75 Å². The molecule has 3 heterocycles. The number of likely N-dealkylation sites (N-methyl/N-ethyl adjacent to an activating group) is 1. The van der Waals surface area contributed by atoms with E-state index in [9.17, 15) is 14.4 Å². The van der Waals surface area contributed by atoms with E-state index in [-0.39, 0.29) is 25.4 Å². The Bertz CT molecular complexity index is 1410. The molecule has 174 valence electrons. The van der Waals surface area contributed by atoms with Gasteiger partial charge in [0.2, 0.25) is 5.82 Å². The number of anilines is 1. The van der Waals surface area contributed by atoms with Gasteiger partial charge >= 0.3 is 0 Å². The fourth-order valence-electron chi connectivity index (χ4n) is 3.65. The van der Waals surface area contributed by atoms with Crippen molar-refractivity contribution in [3.05, 3.63) is 76.4 Å². The molecule has 0 saturated carbocycles. The maximum absolute atomic E-state index is 13.0. The van der Waals surface area contributed by atoms with Gasteiger partial charge in [0.15, 0.2) is 0 Å². The summed E-state index contributed by atoms with van der Waals surface area (Å²) in [6.07, 6.45) is 1.79. The smallest absolute Gasteiger partial charge is 0.291 e. The number of carbonyl (C=O) groups excluding carboxylic acids is 2. The number of ether oxygens (including phenoxy) is 1. The molecule has 0 radical (unpaired) electrons. The minimum absolute atomic E-state index is 0. The number of H-pyrrole nitrogens is 2. The summed E-state index contributed by atoms with van der Waals surface area (Å²) < 4.78 is 5.79. The van der Waals surface area contributed by atoms with Crippen molar-refractivity contribution >= 4 is 28.4 Å². The lowest BCUT2D eigenvalue weighted by Gasteiger charge is -2.20. The van der Waals surface area contributed by atoms with E-state index in [1.54, 1.807) is 19.2 Å². The lowest BCUT2D eigenvalue weighted by atomic mass is 10.1. The molecule has 2 amide bonds. The van der Waals surface area contributed by atoms with Crippen LogP contribution in [0.25, 0.3) is 10.9 Å². The molecule has 0 fully saturated rings. The van der Waals surface area contributed by atoms with Crippen LogP contribution in [0.1, 0.15) is 29.4 Å². The normalized spacial score (nSPS) is 15.1. The van der Waals surface area contributed by atoms with Gasteiger partial charge in [-0.15, -0.1) is 5.10 Å². The van der Waals surface area contributed by atoms with E-state index < -0.39 is 17.9 Å². The molecule has 11 heteroatoms. The number of nitrogens with zero attached hydrogens (tertiary/aromatic N) is 4. The maximum Gasteiger partial charge on any atom is 0.291 e. The molecule has 0 aliphatic carbocycles. The van der Waals surface area contributed by atoms with Crippen LogP contribution in [0.15, 0.2) is 53.6 Å². The molecule has 2 aromatic carbocycles. The van der Waals surface area contributed by atoms with Crippen molar-refractivity contribution in [1.29, 1.82) is 0 Å². The Morgan fingerprint density at radius 3 is 2.82 bits per heavy atom. The molecule has 1 atom stereocenters. The lowest BCUT2D eigenvalue weighted by molar-refractivity contribution is -0.120. The van der Waals surface area contributed by atoms with Crippen LogP contribution in [-0.2, 0) is 11.2 Å². The first-order valence-corrected chi connectivity index (χ1v) is 10.2. The van der Waals surface area contributed by atoms with Gasteiger partial charge in [0, 0.05) is 19.5 Å². The quantitative estimate of drug-likeness (QED) is 0.417. The second kappa shape index (κ2) is 9.14. The summed E-state index contributed by atoms with van der Waals surface area (Å²) in [7, 11) is 1.55. The molecule has 34 heavy (non-hydrogen) atoms. The molecule has 1 aliphatic rings. The SMILES string of the molecule is C.CN1C(=O)[C@@H](NC(=O)c2n[nH]c(Cc3ccccc3)n2)COc2cc3nc[nH]c(=O)c3cc21. The summed E-state index contributed by atoms with van der Waals surface area (Å²) in [6, 6.07) is 11.8. The van der Waals surface area contributed by atoms with Crippen LogP contribution in [0, 0.1) is 0 Å². The van der Waals surface area contributed by atoms with Gasteiger partial charge in [-0.2, -0.15) is 0 Å². The molecule has 0 unspecified atom stereocenters. The Morgan fingerprint density at radius 2 is 2.03 bits per heavy atom. The van der Waals surface area contributed by atoms with Gasteiger partial charge in [-0.3, -0.25) is 19.5 Å². The van der Waals surface area contributed by atoms with Crippen LogP contribution >= 0.6 is 0 Å². The van der Waals surface area contributed by atoms with Crippen molar-refractivity contribution in [2.24, 2.45) is 0 Å². The highest BCUT2D eigenvalue weighted by atomic mass is 16.5. The molecule has 2 aromatic heterocycles. The second-order valence-electron chi connectivity index (χ2n) is 7.57. The van der Waals surface area contributed by atoms with Crippen molar-refractivity contribution < 1.29 is 14.3 Å². The van der Waals surface area contributed by atoms with Crippen molar-refractivity contribution in [2.45, 2.75) is 19.9 Å². The highest BCUT2D eigenvalue weighted by molar-refractivity contribution is 6.03. The van der Waals surface area contributed by atoms with Gasteiger partial charge < -0.3 is 19.9 Å². The predicted octanol–water partition coefficient (Wildman–Crippen LogP) is 1.42. The minimum Gasteiger partial charge on any atom is -0.489 e. The number of aromatic amines is 2. The van der Waals surface area contributed by atoms with Crippen molar-refractivity contribution in [1.82, 2.24) is 30.5 Å². The summed E-state index contributed by atoms with van der Waals surface area (Å²) >= 11 is 0. The molecule has 4 aromatic rings. The number of hydrogen-bond donors (Lipinski definition) is 3. The lowest BCUT2D eigenvalue weighted by Crippen LogP contribution is -2.49. The molecule has 1 aliphatic heterocycles. The number of carbonyl (C=O) groups is 2. The predicted molar refractivity (Wildman–Crippen MR) is 125 cm³/mol. The zero-order valence-electron chi connectivity index (χ0n) is 17.5. The van der Waals surface area contributed by atoms with Crippen LogP contribution in [0.3, 0.4) is 0 Å². The van der Waals surface area contributed by atoms with Gasteiger partial charge in [0.25, 0.3) is 17.4 Å². The number of fused-ring (bicyclic) bond motifs is 2. The summed E-state index contributed by atoms with van der Waals surface area (Å²) in [4.78, 5) is 50.1. The maximum atomic E-state index is 13.0. The van der Waals surface area contributed by atoms with Crippen molar-refractivity contribution in [3.8, 4) is 5.75 Å². The third kappa shape index (κ3) is 4.22. The molecule has 3 N–H and O–H groups in total. The van der Waals surface area contributed by atoms with Crippen LogP contribution in [-0.4, -0.2) is 56.7 Å². The standard InChI is InChI=1S/C22H19N7O4.CH4/c1-29-16-8-13-14(23-11-24-20(13)30)9-17(16)33-10-15(22(29)32)25-21(31)19-26-18(27-28-19)7-12-5-3-2-4-6-12;/h2-6,8-9,11,15H,7,10H2,1H3,(H,25,31)(H,23,24,30)(H,26,27,28);1H4/t15-;/m0./s1. The average molecular weight is 461 g/mol. The van der Waals surface area contributed by atoms with E-state index in [0.717, 1.165) is 5.56 Å². The summed E-state index contributed by atoms with van der Waals surface area (Å²) in [6.45, 7) is -0.0993. The molecule has 11 nitrogen and oxygen atoms in total. The topological polar surface area (TPSA) is 146 Å². The fraction of sp³-hybridized carbons (Fsp3) is 0.217. The molecular formula is C23H23N7O4. The third-order valence-electron chi connectivity index (χ3n) is 5.37. The third-order valence-corrected chi connectivity index (χ3v) is 5.37. The van der Waals surface area contributed by atoms with Crippen LogP contribution in [0.4, 0.5) is 5.69 Å². The molecule has 0 bridgehead atoms. The van der Waals surface area contributed by atoms with Crippen molar-refractivity contribution in [3.63, 3.8) is 0 Å². The zero-order chi connectivity index (χ0) is 22.9. The number of benzene rings is 2. The van der Waals surface area contributed by atoms with E-state index in [0.29, 0.717) is 34.6 Å². The number of rotatable bonds is 4. The largest absolute Gasteiger partial charge is 0.489 e. The molecule has 0 spiro atoms. The Morgan fingerprint density at radius 1 is 1.24 bits per heavy atom. The van der Waals surface area contributed by atoms with E-state index in [2.05, 4.69) is 30.5 Å². The number of amides is 2. The Labute approximate surface area is 194 Å². The van der Waals surface area contributed by atoms with Gasteiger partial charge in [-0.05, 0) is 11.6 Å². The molecule has 5 rings (SSSR count).